The summed E-state index contributed by atoms with van der Waals surface area (Å²) in [5.74, 6) is -2.20. The first-order chi connectivity index (χ1) is 9.45. The van der Waals surface area contributed by atoms with Gasteiger partial charge >= 0.3 is 5.97 Å². The molecule has 0 spiro atoms. The van der Waals surface area contributed by atoms with Crippen LogP contribution in [-0.2, 0) is 4.79 Å². The number of likely N-dealkylation sites (tertiary alicyclic amines) is 1. The van der Waals surface area contributed by atoms with Crippen LogP contribution in [0.4, 0.5) is 4.39 Å². The third kappa shape index (κ3) is 2.45. The number of rotatable bonds is 3. The highest BCUT2D eigenvalue weighted by atomic mass is 19.1. The van der Waals surface area contributed by atoms with Gasteiger partial charge in [-0.1, -0.05) is 6.92 Å². The molecule has 108 valence electrons. The van der Waals surface area contributed by atoms with Crippen LogP contribution < -0.4 is 4.74 Å². The second-order valence-electron chi connectivity index (χ2n) is 4.90. The normalized spacial score (nSPS) is 21.9. The van der Waals surface area contributed by atoms with Gasteiger partial charge in [-0.25, -0.2) is 9.18 Å². The van der Waals surface area contributed by atoms with Gasteiger partial charge in [-0.05, 0) is 30.5 Å². The summed E-state index contributed by atoms with van der Waals surface area (Å²) in [5, 5.41) is 9.20. The number of carboxylic acids is 1. The fraction of sp³-hybridized carbons (Fsp3) is 0.429. The van der Waals surface area contributed by atoms with Crippen LogP contribution in [0.25, 0.3) is 0 Å². The quantitative estimate of drug-likeness (QED) is 0.917. The molecule has 1 saturated heterocycles. The van der Waals surface area contributed by atoms with Gasteiger partial charge in [0.2, 0.25) is 0 Å². The Bertz CT molecular complexity index is 546. The van der Waals surface area contributed by atoms with Crippen LogP contribution in [0, 0.1) is 11.7 Å². The number of methoxy groups -OCH3 is 1. The van der Waals surface area contributed by atoms with Gasteiger partial charge in [0.1, 0.15) is 6.04 Å². The average Bonchev–Trinajstić information content (AvgIpc) is 2.79. The van der Waals surface area contributed by atoms with Crippen LogP contribution in [0.2, 0.25) is 0 Å². The van der Waals surface area contributed by atoms with Crippen molar-refractivity contribution in [1.82, 2.24) is 4.90 Å². The number of aliphatic carboxylic acids is 1. The van der Waals surface area contributed by atoms with Gasteiger partial charge in [0.05, 0.1) is 7.11 Å². The lowest BCUT2D eigenvalue weighted by Gasteiger charge is -2.23. The molecule has 1 aliphatic rings. The molecular formula is C14H16FNO4. The molecular weight excluding hydrogens is 265 g/mol. The summed E-state index contributed by atoms with van der Waals surface area (Å²) in [7, 11) is 1.34. The third-order valence-electron chi connectivity index (χ3n) is 3.61. The summed E-state index contributed by atoms with van der Waals surface area (Å²) in [6.07, 6.45) is 0.626. The molecule has 2 unspecified atom stereocenters. The molecule has 2 rings (SSSR count). The van der Waals surface area contributed by atoms with E-state index in [1.807, 2.05) is 0 Å². The number of benzene rings is 1. The summed E-state index contributed by atoms with van der Waals surface area (Å²) in [4.78, 5) is 24.8. The van der Waals surface area contributed by atoms with Crippen LogP contribution in [-0.4, -0.2) is 41.6 Å². The Morgan fingerprint density at radius 3 is 2.70 bits per heavy atom. The lowest BCUT2D eigenvalue weighted by Crippen LogP contribution is -2.42. The monoisotopic (exact) mass is 281 g/mol. The van der Waals surface area contributed by atoms with Crippen molar-refractivity contribution in [2.75, 3.05) is 13.7 Å². The van der Waals surface area contributed by atoms with Gasteiger partial charge < -0.3 is 14.7 Å². The number of hydrogen-bond acceptors (Lipinski definition) is 3. The SMILES string of the molecule is COc1ccc(C(=O)N2CCC(C)C2C(=O)O)cc1F. The van der Waals surface area contributed by atoms with E-state index in [-0.39, 0.29) is 17.2 Å². The molecule has 6 heteroatoms. The molecule has 0 aliphatic carbocycles. The van der Waals surface area contributed by atoms with Crippen LogP contribution in [0.1, 0.15) is 23.7 Å². The molecule has 0 radical (unpaired) electrons. The van der Waals surface area contributed by atoms with Gasteiger partial charge in [-0.3, -0.25) is 4.79 Å². The van der Waals surface area contributed by atoms with E-state index in [4.69, 9.17) is 4.74 Å². The predicted molar refractivity (Wildman–Crippen MR) is 69.2 cm³/mol. The van der Waals surface area contributed by atoms with Crippen molar-refractivity contribution in [1.29, 1.82) is 0 Å². The van der Waals surface area contributed by atoms with Crippen LogP contribution in [0.3, 0.4) is 0 Å². The highest BCUT2D eigenvalue weighted by Crippen LogP contribution is 2.27. The molecule has 20 heavy (non-hydrogen) atoms. The molecule has 0 aromatic heterocycles. The average molecular weight is 281 g/mol. The Kier molecular flexibility index (Phi) is 3.92. The molecule has 2 atom stereocenters. The Balaban J connectivity index is 2.27. The standard InChI is InChI=1S/C14H16FNO4/c1-8-5-6-16(12(8)14(18)19)13(17)9-3-4-11(20-2)10(15)7-9/h3-4,7-8,12H,5-6H2,1-2H3,(H,18,19). The first-order valence-corrected chi connectivity index (χ1v) is 6.33. The molecule has 5 nitrogen and oxygen atoms in total. The third-order valence-corrected chi connectivity index (χ3v) is 3.61. The van der Waals surface area contributed by atoms with Gasteiger partial charge in [0.25, 0.3) is 5.91 Å². The second kappa shape index (κ2) is 5.48. The molecule has 1 aromatic carbocycles. The molecule has 0 bridgehead atoms. The maximum absolute atomic E-state index is 13.6. The molecule has 1 heterocycles. The Hall–Kier alpha value is -2.11. The fourth-order valence-corrected chi connectivity index (χ4v) is 2.52. The zero-order valence-electron chi connectivity index (χ0n) is 11.3. The topological polar surface area (TPSA) is 66.8 Å². The highest BCUT2D eigenvalue weighted by Gasteiger charge is 2.39. The van der Waals surface area contributed by atoms with Crippen LogP contribution >= 0.6 is 0 Å². The van der Waals surface area contributed by atoms with E-state index >= 15 is 0 Å². The highest BCUT2D eigenvalue weighted by molar-refractivity contribution is 5.97. The molecule has 1 aliphatic heterocycles. The lowest BCUT2D eigenvalue weighted by atomic mass is 10.0. The maximum atomic E-state index is 13.6. The Labute approximate surface area is 116 Å². The smallest absolute Gasteiger partial charge is 0.326 e. The van der Waals surface area contributed by atoms with E-state index in [9.17, 15) is 19.1 Å². The summed E-state index contributed by atoms with van der Waals surface area (Å²) in [6, 6.07) is 3.01. The minimum absolute atomic E-state index is 0.0473. The number of carboxylic acid groups (broad SMARTS) is 1. The Morgan fingerprint density at radius 2 is 2.15 bits per heavy atom. The number of nitrogens with zero attached hydrogens (tertiary/aromatic N) is 1. The molecule has 1 N–H and O–H groups in total. The largest absolute Gasteiger partial charge is 0.494 e. The fourth-order valence-electron chi connectivity index (χ4n) is 2.52. The van der Waals surface area contributed by atoms with Crippen molar-refractivity contribution in [3.63, 3.8) is 0 Å². The molecule has 1 aromatic rings. The van der Waals surface area contributed by atoms with Crippen molar-refractivity contribution in [3.8, 4) is 5.75 Å². The summed E-state index contributed by atoms with van der Waals surface area (Å²) >= 11 is 0. The number of ether oxygens (including phenoxy) is 1. The minimum atomic E-state index is -1.03. The van der Waals surface area contributed by atoms with Gasteiger partial charge in [0.15, 0.2) is 11.6 Å². The number of amides is 1. The summed E-state index contributed by atoms with van der Waals surface area (Å²) in [6.45, 7) is 2.16. The van der Waals surface area contributed by atoms with Gasteiger partial charge in [-0.2, -0.15) is 0 Å². The van der Waals surface area contributed by atoms with E-state index in [1.54, 1.807) is 6.92 Å². The van der Waals surface area contributed by atoms with E-state index in [2.05, 4.69) is 0 Å². The second-order valence-corrected chi connectivity index (χ2v) is 4.90. The van der Waals surface area contributed by atoms with E-state index in [0.29, 0.717) is 13.0 Å². The van der Waals surface area contributed by atoms with Crippen molar-refractivity contribution in [2.24, 2.45) is 5.92 Å². The van der Waals surface area contributed by atoms with E-state index in [0.717, 1.165) is 6.07 Å². The maximum Gasteiger partial charge on any atom is 0.326 e. The van der Waals surface area contributed by atoms with Gasteiger partial charge in [0, 0.05) is 12.1 Å². The lowest BCUT2D eigenvalue weighted by molar-refractivity contribution is -0.142. The molecule has 1 fully saturated rings. The van der Waals surface area contributed by atoms with E-state index in [1.165, 1.54) is 24.1 Å². The molecule has 1 amide bonds. The van der Waals surface area contributed by atoms with Crippen molar-refractivity contribution < 1.29 is 23.8 Å². The number of hydrogen-bond donors (Lipinski definition) is 1. The molecule has 0 saturated carbocycles. The van der Waals surface area contributed by atoms with Crippen LogP contribution in [0.5, 0.6) is 5.75 Å². The number of carbonyl (C=O) groups excluding carboxylic acids is 1. The van der Waals surface area contributed by atoms with Crippen LogP contribution in [0.15, 0.2) is 18.2 Å². The number of carbonyl (C=O) groups is 2. The minimum Gasteiger partial charge on any atom is -0.494 e. The van der Waals surface area contributed by atoms with Crippen molar-refractivity contribution in [2.45, 2.75) is 19.4 Å². The Morgan fingerprint density at radius 1 is 1.45 bits per heavy atom. The van der Waals surface area contributed by atoms with Crippen molar-refractivity contribution in [3.05, 3.63) is 29.6 Å². The summed E-state index contributed by atoms with van der Waals surface area (Å²) in [5.41, 5.74) is 0.128. The first-order valence-electron chi connectivity index (χ1n) is 6.33. The van der Waals surface area contributed by atoms with Gasteiger partial charge in [-0.15, -0.1) is 0 Å². The zero-order chi connectivity index (χ0) is 14.9. The first kappa shape index (κ1) is 14.3. The zero-order valence-corrected chi connectivity index (χ0v) is 11.3. The number of halogens is 1. The predicted octanol–water partition coefficient (Wildman–Crippen LogP) is 1.77. The van der Waals surface area contributed by atoms with E-state index < -0.39 is 23.7 Å². The summed E-state index contributed by atoms with van der Waals surface area (Å²) < 4.78 is 18.4. The van der Waals surface area contributed by atoms with Crippen molar-refractivity contribution >= 4 is 11.9 Å².